The van der Waals surface area contributed by atoms with E-state index < -0.39 is 5.82 Å². The number of hydrogen-bond donors (Lipinski definition) is 2. The summed E-state index contributed by atoms with van der Waals surface area (Å²) in [4.78, 5) is 50.6. The summed E-state index contributed by atoms with van der Waals surface area (Å²) in [7, 11) is 0. The number of carbonyl (C=O) groups excluding carboxylic acids is 2. The molecular weight excluding hydrogens is 597 g/mol. The zero-order chi connectivity index (χ0) is 32.2. The summed E-state index contributed by atoms with van der Waals surface area (Å²) in [6.45, 7) is 6.50. The van der Waals surface area contributed by atoms with Gasteiger partial charge >= 0.3 is 0 Å². The third-order valence-corrected chi connectivity index (χ3v) is 9.64. The van der Waals surface area contributed by atoms with E-state index in [1.165, 1.54) is 17.0 Å². The van der Waals surface area contributed by atoms with Crippen LogP contribution in [0.25, 0.3) is 38.1 Å². The average Bonchev–Trinajstić information content (AvgIpc) is 3.51. The Morgan fingerprint density at radius 2 is 1.57 bits per heavy atom. The van der Waals surface area contributed by atoms with Gasteiger partial charge in [-0.25, -0.2) is 9.37 Å². The van der Waals surface area contributed by atoms with Crippen LogP contribution in [0, 0.1) is 5.82 Å². The summed E-state index contributed by atoms with van der Waals surface area (Å²) in [5.74, 6) is -0.957. The minimum Gasteiger partial charge on any atom is -0.399 e. The van der Waals surface area contributed by atoms with Crippen LogP contribution in [0.5, 0.6) is 0 Å². The molecule has 4 aromatic carbocycles. The molecule has 8 rings (SSSR count). The van der Waals surface area contributed by atoms with Crippen molar-refractivity contribution in [3.8, 4) is 0 Å². The van der Waals surface area contributed by atoms with Gasteiger partial charge in [-0.1, -0.05) is 12.1 Å². The minimum absolute atomic E-state index is 0.197. The summed E-state index contributed by atoms with van der Waals surface area (Å²) in [6, 6.07) is 17.0. The van der Waals surface area contributed by atoms with E-state index in [1.807, 2.05) is 28.7 Å². The Morgan fingerprint density at radius 3 is 2.38 bits per heavy atom. The highest BCUT2D eigenvalue weighted by Crippen LogP contribution is 2.32. The molecule has 6 aromatic rings. The molecule has 0 spiro atoms. The van der Waals surface area contributed by atoms with Crippen LogP contribution in [0.2, 0.25) is 0 Å². The lowest BCUT2D eigenvalue weighted by Crippen LogP contribution is -2.48. The number of rotatable bonds is 9. The normalized spacial score (nSPS) is 16.0. The predicted molar refractivity (Wildman–Crippen MR) is 182 cm³/mol. The first kappa shape index (κ1) is 29.3. The topological polar surface area (TPSA) is 116 Å². The van der Waals surface area contributed by atoms with Gasteiger partial charge in [0, 0.05) is 67.0 Å². The van der Waals surface area contributed by atoms with Crippen molar-refractivity contribution in [1.82, 2.24) is 24.1 Å². The maximum absolute atomic E-state index is 14.0. The molecule has 11 heteroatoms. The molecule has 10 nitrogen and oxygen atoms in total. The monoisotopic (exact) mass is 631 g/mol. The number of amides is 2. The second kappa shape index (κ2) is 11.6. The molecule has 47 heavy (non-hydrogen) atoms. The molecular formula is C36H34FN7O3. The summed E-state index contributed by atoms with van der Waals surface area (Å²) in [5, 5.41) is 5.83. The molecule has 238 valence electrons. The average molecular weight is 632 g/mol. The number of nitrogens with one attached hydrogen (secondary N) is 1. The van der Waals surface area contributed by atoms with Crippen LogP contribution in [-0.2, 0) is 0 Å². The van der Waals surface area contributed by atoms with Gasteiger partial charge < -0.3 is 20.9 Å². The Bertz CT molecular complexity index is 2260. The number of aromatic nitrogens is 2. The number of nitrogen functional groups attached to an aromatic ring is 1. The van der Waals surface area contributed by atoms with Gasteiger partial charge in [0.15, 0.2) is 5.43 Å². The fraction of sp³-hybridized carbons (Fsp3) is 0.278. The highest BCUT2D eigenvalue weighted by Gasteiger charge is 2.33. The van der Waals surface area contributed by atoms with Crippen LogP contribution in [-0.4, -0.2) is 88.3 Å². The van der Waals surface area contributed by atoms with Crippen molar-refractivity contribution >= 4 is 61.3 Å². The molecule has 0 radical (unpaired) electrons. The van der Waals surface area contributed by atoms with Crippen molar-refractivity contribution in [2.45, 2.75) is 12.8 Å². The Balaban J connectivity index is 0.834. The van der Waals surface area contributed by atoms with Gasteiger partial charge in [0.25, 0.3) is 11.8 Å². The minimum atomic E-state index is -0.440. The van der Waals surface area contributed by atoms with Gasteiger partial charge in [-0.2, -0.15) is 0 Å². The number of carbonyl (C=O) groups is 2. The molecule has 4 heterocycles. The molecule has 3 N–H and O–H groups in total. The zero-order valence-corrected chi connectivity index (χ0v) is 25.8. The molecule has 2 aromatic heterocycles. The number of hydrogen-bond acceptors (Lipinski definition) is 8. The molecule has 0 saturated carbocycles. The van der Waals surface area contributed by atoms with E-state index >= 15 is 0 Å². The van der Waals surface area contributed by atoms with Gasteiger partial charge in [-0.3, -0.25) is 23.7 Å². The first-order valence-electron chi connectivity index (χ1n) is 16.1. The van der Waals surface area contributed by atoms with Gasteiger partial charge in [-0.15, -0.1) is 0 Å². The Hall–Kier alpha value is -5.13. The summed E-state index contributed by atoms with van der Waals surface area (Å²) in [6.07, 6.45) is 3.29. The largest absolute Gasteiger partial charge is 0.399 e. The summed E-state index contributed by atoms with van der Waals surface area (Å²) < 4.78 is 15.9. The lowest BCUT2D eigenvalue weighted by Gasteiger charge is -2.35. The lowest BCUT2D eigenvalue weighted by molar-refractivity contribution is 0.0597. The van der Waals surface area contributed by atoms with Crippen LogP contribution in [0.15, 0.2) is 71.8 Å². The number of nitrogens with two attached hydrogens (primary N) is 1. The van der Waals surface area contributed by atoms with Crippen molar-refractivity contribution in [3.63, 3.8) is 0 Å². The van der Waals surface area contributed by atoms with Crippen molar-refractivity contribution in [1.29, 1.82) is 0 Å². The number of nitrogens with zero attached hydrogens (tertiary/aromatic N) is 5. The summed E-state index contributed by atoms with van der Waals surface area (Å²) >= 11 is 0. The molecule has 1 fully saturated rings. The van der Waals surface area contributed by atoms with Gasteiger partial charge in [-0.05, 0) is 79.8 Å². The molecule has 0 bridgehead atoms. The summed E-state index contributed by atoms with van der Waals surface area (Å²) in [5.41, 5.74) is 10.3. The Morgan fingerprint density at radius 1 is 0.809 bits per heavy atom. The first-order valence-corrected chi connectivity index (χ1v) is 16.1. The third kappa shape index (κ3) is 5.02. The van der Waals surface area contributed by atoms with E-state index in [4.69, 9.17) is 5.73 Å². The zero-order valence-electron chi connectivity index (χ0n) is 25.8. The van der Waals surface area contributed by atoms with Crippen LogP contribution < -0.4 is 16.5 Å². The predicted octanol–water partition coefficient (Wildman–Crippen LogP) is 4.42. The maximum Gasteiger partial charge on any atom is 0.261 e. The van der Waals surface area contributed by atoms with Crippen LogP contribution >= 0.6 is 0 Å². The second-order valence-electron chi connectivity index (χ2n) is 12.5. The van der Waals surface area contributed by atoms with Crippen LogP contribution in [0.3, 0.4) is 0 Å². The van der Waals surface area contributed by atoms with Crippen molar-refractivity contribution in [2.75, 3.05) is 63.4 Å². The van der Waals surface area contributed by atoms with E-state index in [-0.39, 0.29) is 17.2 Å². The molecule has 0 aliphatic carbocycles. The number of benzene rings is 4. The van der Waals surface area contributed by atoms with Crippen molar-refractivity contribution in [2.24, 2.45) is 0 Å². The van der Waals surface area contributed by atoms with E-state index in [0.29, 0.717) is 58.0 Å². The second-order valence-corrected chi connectivity index (χ2v) is 12.5. The number of piperazine rings is 1. The lowest BCUT2D eigenvalue weighted by atomic mass is 9.93. The van der Waals surface area contributed by atoms with Crippen molar-refractivity contribution < 1.29 is 14.0 Å². The van der Waals surface area contributed by atoms with E-state index in [9.17, 15) is 18.8 Å². The standard InChI is InChI=1S/C36H34FN7O3/c37-23-6-9-30-26(19-23)34(45)32-28(7-8-29-33(32)44(30)21-40-29)39-10-2-11-41-14-16-42(17-15-41)12-3-13-43-35(46)25-5-1-4-22-18-24(38)20-27(31(22)25)36(43)47/h1,4-9,18-21,39H,2-3,10-17,38H2. The molecule has 0 unspecified atom stereocenters. The first-order chi connectivity index (χ1) is 22.9. The van der Waals surface area contributed by atoms with Gasteiger partial charge in [0.2, 0.25) is 0 Å². The van der Waals surface area contributed by atoms with Gasteiger partial charge in [0.1, 0.15) is 12.1 Å². The van der Waals surface area contributed by atoms with Gasteiger partial charge in [0.05, 0.1) is 27.5 Å². The number of imidazole rings is 1. The SMILES string of the molecule is Nc1cc2c3c(cccc3c1)C(=O)N(CCCN1CCN(CCCNc3ccc4ncn5c6ccc(F)cc6c(=O)c3c45)CC1)C2=O. The number of pyridine rings is 1. The van der Waals surface area contributed by atoms with E-state index in [2.05, 4.69) is 20.1 Å². The molecule has 1 saturated heterocycles. The highest BCUT2D eigenvalue weighted by molar-refractivity contribution is 6.26. The smallest absolute Gasteiger partial charge is 0.261 e. The fourth-order valence-corrected chi connectivity index (χ4v) is 7.30. The number of fused-ring (bicyclic) bond motifs is 2. The number of anilines is 2. The molecule has 2 amide bonds. The van der Waals surface area contributed by atoms with Crippen molar-refractivity contribution in [3.05, 3.63) is 94.2 Å². The number of halogens is 1. The Labute approximate surface area is 269 Å². The van der Waals surface area contributed by atoms with E-state index in [1.54, 1.807) is 30.6 Å². The highest BCUT2D eigenvalue weighted by atomic mass is 19.1. The Kier molecular flexibility index (Phi) is 7.22. The number of imide groups is 1. The molecule has 2 aliphatic heterocycles. The third-order valence-electron chi connectivity index (χ3n) is 9.64. The molecule has 2 aliphatic rings. The van der Waals surface area contributed by atoms with Crippen LogP contribution in [0.1, 0.15) is 33.6 Å². The van der Waals surface area contributed by atoms with E-state index in [0.717, 1.165) is 67.8 Å². The van der Waals surface area contributed by atoms with Crippen LogP contribution in [0.4, 0.5) is 15.8 Å². The maximum atomic E-state index is 14.0. The quantitative estimate of drug-likeness (QED) is 0.104. The fourth-order valence-electron chi connectivity index (χ4n) is 7.30. The molecule has 0 atom stereocenters.